The molecule has 6 nitrogen and oxygen atoms in total. The minimum Gasteiger partial charge on any atom is -0.489 e. The molecule has 1 unspecified atom stereocenters. The van der Waals surface area contributed by atoms with E-state index in [0.717, 1.165) is 23.3 Å². The van der Waals surface area contributed by atoms with Gasteiger partial charge in [0, 0.05) is 18.1 Å². The number of ether oxygens (including phenoxy) is 1. The fraction of sp³-hybridized carbons (Fsp3) is 0.261. The van der Waals surface area contributed by atoms with Gasteiger partial charge < -0.3 is 15.0 Å². The molecule has 2 N–H and O–H groups in total. The van der Waals surface area contributed by atoms with Gasteiger partial charge in [-0.05, 0) is 41.8 Å². The first-order valence-corrected chi connectivity index (χ1v) is 11.1. The van der Waals surface area contributed by atoms with Crippen molar-refractivity contribution in [3.05, 3.63) is 81.4 Å². The van der Waals surface area contributed by atoms with Crippen molar-refractivity contribution in [2.24, 2.45) is 0 Å². The molecule has 1 atom stereocenters. The second kappa shape index (κ2) is 9.34. The second-order valence-corrected chi connectivity index (χ2v) is 8.35. The summed E-state index contributed by atoms with van der Waals surface area (Å²) in [7, 11) is 0. The van der Waals surface area contributed by atoms with Gasteiger partial charge in [-0.15, -0.1) is 0 Å². The van der Waals surface area contributed by atoms with Crippen molar-refractivity contribution in [3.63, 3.8) is 0 Å². The van der Waals surface area contributed by atoms with Crippen molar-refractivity contribution in [2.45, 2.75) is 37.4 Å². The lowest BCUT2D eigenvalue weighted by Gasteiger charge is -2.24. The number of carbonyl (C=O) groups is 1. The highest BCUT2D eigenvalue weighted by molar-refractivity contribution is 7.99. The summed E-state index contributed by atoms with van der Waals surface area (Å²) < 4.78 is 18.8. The highest BCUT2D eigenvalue weighted by Crippen LogP contribution is 2.35. The van der Waals surface area contributed by atoms with E-state index in [2.05, 4.69) is 15.3 Å². The van der Waals surface area contributed by atoms with Gasteiger partial charge in [-0.1, -0.05) is 43.0 Å². The molecule has 2 aromatic carbocycles. The summed E-state index contributed by atoms with van der Waals surface area (Å²) in [5.41, 5.74) is 1.94. The topological polar surface area (TPSA) is 84.1 Å². The van der Waals surface area contributed by atoms with Crippen LogP contribution in [0.1, 0.15) is 42.4 Å². The summed E-state index contributed by atoms with van der Waals surface area (Å²) in [5, 5.41) is 3.25. The molecule has 1 aliphatic rings. The van der Waals surface area contributed by atoms with Crippen LogP contribution in [-0.2, 0) is 11.4 Å². The number of aromatic amines is 1. The van der Waals surface area contributed by atoms with Crippen LogP contribution in [0.3, 0.4) is 0 Å². The summed E-state index contributed by atoms with van der Waals surface area (Å²) in [5.74, 6) is 0.978. The molecule has 31 heavy (non-hydrogen) atoms. The number of nitrogens with zero attached hydrogens (tertiary/aromatic N) is 1. The van der Waals surface area contributed by atoms with E-state index in [1.54, 1.807) is 24.3 Å². The molecule has 0 radical (unpaired) electrons. The van der Waals surface area contributed by atoms with Gasteiger partial charge in [0.1, 0.15) is 24.0 Å². The minimum atomic E-state index is -0.378. The zero-order chi connectivity index (χ0) is 21.8. The van der Waals surface area contributed by atoms with E-state index in [-0.39, 0.29) is 29.6 Å². The molecule has 0 bridgehead atoms. The van der Waals surface area contributed by atoms with Crippen molar-refractivity contribution < 1.29 is 13.9 Å². The molecule has 8 heteroatoms. The van der Waals surface area contributed by atoms with Crippen LogP contribution in [0.15, 0.2) is 58.5 Å². The number of amides is 1. The normalized spacial score (nSPS) is 15.3. The van der Waals surface area contributed by atoms with E-state index in [1.807, 2.05) is 19.1 Å². The molecule has 1 aliphatic heterocycles. The molecule has 1 amide bonds. The molecule has 160 valence electrons. The van der Waals surface area contributed by atoms with Gasteiger partial charge >= 0.3 is 0 Å². The number of H-pyrrole nitrogens is 1. The first-order chi connectivity index (χ1) is 15.0. The summed E-state index contributed by atoms with van der Waals surface area (Å²) in [6, 6.07) is 13.5. The molecule has 4 rings (SSSR count). The Morgan fingerprint density at radius 1 is 1.13 bits per heavy atom. The zero-order valence-electron chi connectivity index (χ0n) is 17.0. The Labute approximate surface area is 183 Å². The minimum absolute atomic E-state index is 0.168. The molecular weight excluding hydrogens is 417 g/mol. The molecule has 0 fully saturated rings. The zero-order valence-corrected chi connectivity index (χ0v) is 17.8. The number of rotatable bonds is 7. The Kier molecular flexibility index (Phi) is 6.36. The number of thioether (sulfide) groups is 1. The third-order valence-electron chi connectivity index (χ3n) is 4.97. The van der Waals surface area contributed by atoms with E-state index < -0.39 is 0 Å². The monoisotopic (exact) mass is 439 g/mol. The second-order valence-electron chi connectivity index (χ2n) is 7.27. The SMILES string of the molecule is CCCSc1nc2c(c(=O)[nH]1)C(c1ccc(OCc3ccc(F)cc3)cc1)CC(=O)N2. The van der Waals surface area contributed by atoms with Gasteiger partial charge in [0.2, 0.25) is 5.91 Å². The molecule has 3 aromatic rings. The summed E-state index contributed by atoms with van der Waals surface area (Å²) in [6.45, 7) is 2.37. The number of carbonyl (C=O) groups excluding carboxylic acids is 1. The summed E-state index contributed by atoms with van der Waals surface area (Å²) >= 11 is 1.46. The van der Waals surface area contributed by atoms with Crippen LogP contribution in [0.4, 0.5) is 10.2 Å². The quantitative estimate of drug-likeness (QED) is 0.419. The molecule has 0 aliphatic carbocycles. The van der Waals surface area contributed by atoms with E-state index >= 15 is 0 Å². The Hall–Kier alpha value is -3.13. The lowest BCUT2D eigenvalue weighted by Crippen LogP contribution is -2.31. The van der Waals surface area contributed by atoms with Crippen LogP contribution in [-0.4, -0.2) is 21.6 Å². The third kappa shape index (κ3) is 4.96. The van der Waals surface area contributed by atoms with Crippen LogP contribution in [0, 0.1) is 5.82 Å². The van der Waals surface area contributed by atoms with Crippen molar-refractivity contribution in [3.8, 4) is 5.75 Å². The fourth-order valence-corrected chi connectivity index (χ4v) is 4.16. The van der Waals surface area contributed by atoms with Crippen LogP contribution >= 0.6 is 11.8 Å². The van der Waals surface area contributed by atoms with Crippen molar-refractivity contribution >= 4 is 23.5 Å². The first-order valence-electron chi connectivity index (χ1n) is 10.1. The van der Waals surface area contributed by atoms with Crippen molar-refractivity contribution in [1.29, 1.82) is 0 Å². The van der Waals surface area contributed by atoms with Crippen molar-refractivity contribution in [2.75, 3.05) is 11.1 Å². The maximum absolute atomic E-state index is 13.0. The number of hydrogen-bond acceptors (Lipinski definition) is 5. The van der Waals surface area contributed by atoms with E-state index in [9.17, 15) is 14.0 Å². The number of anilines is 1. The molecular formula is C23H22FN3O3S. The highest BCUT2D eigenvalue weighted by atomic mass is 32.2. The summed E-state index contributed by atoms with van der Waals surface area (Å²) in [4.78, 5) is 32.3. The van der Waals surface area contributed by atoms with E-state index in [1.165, 1.54) is 23.9 Å². The van der Waals surface area contributed by atoms with E-state index in [4.69, 9.17) is 4.74 Å². The number of benzene rings is 2. The Morgan fingerprint density at radius 3 is 2.58 bits per heavy atom. The number of aromatic nitrogens is 2. The Morgan fingerprint density at radius 2 is 1.87 bits per heavy atom. The van der Waals surface area contributed by atoms with Crippen LogP contribution in [0.2, 0.25) is 0 Å². The predicted molar refractivity (Wildman–Crippen MR) is 118 cm³/mol. The van der Waals surface area contributed by atoms with Gasteiger partial charge in [-0.3, -0.25) is 9.59 Å². The van der Waals surface area contributed by atoms with Gasteiger partial charge in [-0.2, -0.15) is 0 Å². The largest absolute Gasteiger partial charge is 0.489 e. The van der Waals surface area contributed by atoms with Crippen LogP contribution in [0.5, 0.6) is 5.75 Å². The highest BCUT2D eigenvalue weighted by Gasteiger charge is 2.31. The standard InChI is InChI=1S/C23H22FN3O3S/c1-2-11-31-23-26-21-20(22(29)27-23)18(12-19(28)25-21)15-5-9-17(10-6-15)30-13-14-3-7-16(24)8-4-14/h3-10,18H,2,11-13H2,1H3,(H2,25,26,27,28,29). The number of halogens is 1. The molecule has 0 spiro atoms. The Balaban J connectivity index is 1.53. The predicted octanol–water partition coefficient (Wildman–Crippen LogP) is 4.46. The van der Waals surface area contributed by atoms with E-state index in [0.29, 0.717) is 28.9 Å². The molecule has 2 heterocycles. The third-order valence-corrected chi connectivity index (χ3v) is 6.05. The average molecular weight is 440 g/mol. The van der Waals surface area contributed by atoms with Crippen LogP contribution in [0.25, 0.3) is 0 Å². The number of fused-ring (bicyclic) bond motifs is 1. The fourth-order valence-electron chi connectivity index (χ4n) is 3.45. The van der Waals surface area contributed by atoms with Gasteiger partial charge in [0.15, 0.2) is 5.16 Å². The van der Waals surface area contributed by atoms with Gasteiger partial charge in [-0.25, -0.2) is 9.37 Å². The van der Waals surface area contributed by atoms with Gasteiger partial charge in [0.05, 0.1) is 5.56 Å². The molecule has 0 saturated heterocycles. The van der Waals surface area contributed by atoms with Gasteiger partial charge in [0.25, 0.3) is 5.56 Å². The summed E-state index contributed by atoms with van der Waals surface area (Å²) in [6.07, 6.45) is 1.13. The average Bonchev–Trinajstić information content (AvgIpc) is 2.77. The molecule has 0 saturated carbocycles. The Bertz CT molecular complexity index is 1130. The maximum Gasteiger partial charge on any atom is 0.257 e. The first kappa shape index (κ1) is 21.1. The van der Waals surface area contributed by atoms with Crippen LogP contribution < -0.4 is 15.6 Å². The maximum atomic E-state index is 13.0. The number of nitrogens with one attached hydrogen (secondary N) is 2. The lowest BCUT2D eigenvalue weighted by atomic mass is 9.87. The number of hydrogen-bond donors (Lipinski definition) is 2. The van der Waals surface area contributed by atoms with Crippen molar-refractivity contribution in [1.82, 2.24) is 9.97 Å². The molecule has 1 aromatic heterocycles. The lowest BCUT2D eigenvalue weighted by molar-refractivity contribution is -0.116. The smallest absolute Gasteiger partial charge is 0.257 e.